The third-order valence-electron chi connectivity index (χ3n) is 3.35. The van der Waals surface area contributed by atoms with Crippen LogP contribution in [0, 0.1) is 6.92 Å². The summed E-state index contributed by atoms with van der Waals surface area (Å²) in [5.41, 5.74) is 8.78. The number of rotatable bonds is 4. The molecule has 3 nitrogen and oxygen atoms in total. The van der Waals surface area contributed by atoms with Crippen LogP contribution in [0.25, 0.3) is 0 Å². The largest absolute Gasteiger partial charge is 0.398 e. The summed E-state index contributed by atoms with van der Waals surface area (Å²) in [6.07, 6.45) is 0. The topological polar surface area (TPSA) is 46.3 Å². The fourth-order valence-corrected chi connectivity index (χ4v) is 3.55. The van der Waals surface area contributed by atoms with Gasteiger partial charge in [0, 0.05) is 18.3 Å². The second-order valence-electron chi connectivity index (χ2n) is 5.29. The van der Waals surface area contributed by atoms with Crippen molar-refractivity contribution in [2.75, 3.05) is 5.73 Å². The van der Waals surface area contributed by atoms with Gasteiger partial charge in [-0.25, -0.2) is 0 Å². The van der Waals surface area contributed by atoms with Crippen LogP contribution in [0.4, 0.5) is 5.69 Å². The first kappa shape index (κ1) is 16.0. The van der Waals surface area contributed by atoms with Gasteiger partial charge in [0.25, 0.3) is 5.91 Å². The zero-order valence-electron chi connectivity index (χ0n) is 12.4. The first-order chi connectivity index (χ1) is 9.90. The van der Waals surface area contributed by atoms with Crippen molar-refractivity contribution in [3.05, 3.63) is 50.1 Å². The van der Waals surface area contributed by atoms with Crippen molar-refractivity contribution in [2.45, 2.75) is 33.4 Å². The molecular weight excluding hydrogens is 348 g/mol. The van der Waals surface area contributed by atoms with Crippen LogP contribution in [0.2, 0.25) is 0 Å². The fraction of sp³-hybridized carbons (Fsp3) is 0.312. The molecule has 0 unspecified atom stereocenters. The molecule has 0 spiro atoms. The minimum atomic E-state index is 0.0482. The Morgan fingerprint density at radius 2 is 2.05 bits per heavy atom. The highest BCUT2D eigenvalue weighted by Crippen LogP contribution is 2.29. The number of thiophene rings is 1. The fourth-order valence-electron chi connectivity index (χ4n) is 2.06. The van der Waals surface area contributed by atoms with Crippen molar-refractivity contribution in [3.63, 3.8) is 0 Å². The lowest BCUT2D eigenvalue weighted by Gasteiger charge is -2.27. The Bertz CT molecular complexity index is 632. The molecule has 0 aliphatic heterocycles. The lowest BCUT2D eigenvalue weighted by molar-refractivity contribution is 0.0696. The second-order valence-corrected chi connectivity index (χ2v) is 7.66. The maximum Gasteiger partial charge on any atom is 0.264 e. The molecule has 1 aromatic carbocycles. The van der Waals surface area contributed by atoms with E-state index in [-0.39, 0.29) is 11.9 Å². The zero-order valence-corrected chi connectivity index (χ0v) is 14.8. The van der Waals surface area contributed by atoms with Crippen molar-refractivity contribution >= 4 is 38.9 Å². The van der Waals surface area contributed by atoms with Gasteiger partial charge in [0.1, 0.15) is 0 Å². The third-order valence-corrected chi connectivity index (χ3v) is 5.47. The van der Waals surface area contributed by atoms with Crippen molar-refractivity contribution < 1.29 is 4.79 Å². The molecule has 2 rings (SSSR count). The molecule has 1 heterocycles. The molecule has 1 aromatic heterocycles. The highest BCUT2D eigenvalue weighted by molar-refractivity contribution is 9.11. The van der Waals surface area contributed by atoms with Crippen LogP contribution >= 0.6 is 27.3 Å². The van der Waals surface area contributed by atoms with Gasteiger partial charge in [-0.2, -0.15) is 0 Å². The summed E-state index contributed by atoms with van der Waals surface area (Å²) in [7, 11) is 0. The Morgan fingerprint density at radius 1 is 1.38 bits per heavy atom. The normalized spacial score (nSPS) is 10.9. The smallest absolute Gasteiger partial charge is 0.264 e. The molecule has 0 fully saturated rings. The van der Waals surface area contributed by atoms with Crippen LogP contribution in [0.5, 0.6) is 0 Å². The summed E-state index contributed by atoms with van der Waals surface area (Å²) in [5, 5.41) is 0. The van der Waals surface area contributed by atoms with E-state index in [0.29, 0.717) is 6.54 Å². The number of anilines is 1. The van der Waals surface area contributed by atoms with Crippen molar-refractivity contribution in [1.29, 1.82) is 0 Å². The molecule has 0 radical (unpaired) electrons. The van der Waals surface area contributed by atoms with E-state index in [1.165, 1.54) is 11.3 Å². The Labute approximate surface area is 137 Å². The molecule has 0 aliphatic carbocycles. The Kier molecular flexibility index (Phi) is 5.06. The molecule has 0 bridgehead atoms. The quantitative estimate of drug-likeness (QED) is 0.812. The Morgan fingerprint density at radius 3 is 2.57 bits per heavy atom. The van der Waals surface area contributed by atoms with Gasteiger partial charge in [0.15, 0.2) is 0 Å². The summed E-state index contributed by atoms with van der Waals surface area (Å²) < 4.78 is 1.01. The van der Waals surface area contributed by atoms with Gasteiger partial charge >= 0.3 is 0 Å². The molecule has 0 aliphatic rings. The first-order valence-corrected chi connectivity index (χ1v) is 8.41. The lowest BCUT2D eigenvalue weighted by Crippen LogP contribution is -2.36. The summed E-state index contributed by atoms with van der Waals surface area (Å²) in [5.74, 6) is 0.0482. The number of carbonyl (C=O) groups is 1. The molecule has 21 heavy (non-hydrogen) atoms. The molecule has 5 heteroatoms. The van der Waals surface area contributed by atoms with Crippen LogP contribution in [0.1, 0.15) is 34.6 Å². The van der Waals surface area contributed by atoms with Crippen LogP contribution < -0.4 is 5.73 Å². The number of carbonyl (C=O) groups excluding carboxylic acids is 1. The monoisotopic (exact) mass is 366 g/mol. The number of halogens is 1. The number of nitrogens with zero attached hydrogens (tertiary/aromatic N) is 1. The number of hydrogen-bond donors (Lipinski definition) is 1. The molecule has 1 amide bonds. The van der Waals surface area contributed by atoms with Gasteiger partial charge in [-0.1, -0.05) is 18.2 Å². The number of nitrogens with two attached hydrogens (primary N) is 1. The van der Waals surface area contributed by atoms with Gasteiger partial charge in [-0.3, -0.25) is 4.79 Å². The van der Waals surface area contributed by atoms with Crippen LogP contribution in [-0.2, 0) is 6.54 Å². The Balaban J connectivity index is 2.27. The predicted molar refractivity (Wildman–Crippen MR) is 92.6 cm³/mol. The van der Waals surface area contributed by atoms with Crippen LogP contribution in [0.3, 0.4) is 0 Å². The first-order valence-electron chi connectivity index (χ1n) is 6.80. The summed E-state index contributed by atoms with van der Waals surface area (Å²) >= 11 is 4.95. The van der Waals surface area contributed by atoms with E-state index < -0.39 is 0 Å². The summed E-state index contributed by atoms with van der Waals surface area (Å²) in [6.45, 7) is 6.56. The highest BCUT2D eigenvalue weighted by Gasteiger charge is 2.22. The molecule has 0 atom stereocenters. The molecule has 2 N–H and O–H groups in total. The van der Waals surface area contributed by atoms with E-state index in [9.17, 15) is 4.79 Å². The SMILES string of the molecule is Cc1cc(C(=O)N(Cc2ccccc2N)C(C)C)sc1Br. The highest BCUT2D eigenvalue weighted by atomic mass is 79.9. The van der Waals surface area contributed by atoms with E-state index in [1.807, 2.05) is 56.0 Å². The Hall–Kier alpha value is -1.33. The lowest BCUT2D eigenvalue weighted by atomic mass is 10.1. The number of aryl methyl sites for hydroxylation is 1. The second kappa shape index (κ2) is 6.62. The number of amides is 1. The molecule has 0 saturated heterocycles. The number of hydrogen-bond acceptors (Lipinski definition) is 3. The van der Waals surface area contributed by atoms with E-state index >= 15 is 0 Å². The van der Waals surface area contributed by atoms with Crippen molar-refractivity contribution in [3.8, 4) is 0 Å². The zero-order chi connectivity index (χ0) is 15.6. The molecule has 0 saturated carbocycles. The van der Waals surface area contributed by atoms with Gasteiger partial charge in [-0.15, -0.1) is 11.3 Å². The maximum absolute atomic E-state index is 12.7. The standard InChI is InChI=1S/C16H19BrN2OS/c1-10(2)19(9-12-6-4-5-7-13(12)18)16(20)14-8-11(3)15(17)21-14/h4-8,10H,9,18H2,1-3H3. The molecule has 112 valence electrons. The maximum atomic E-state index is 12.7. The summed E-state index contributed by atoms with van der Waals surface area (Å²) in [6, 6.07) is 9.72. The average Bonchev–Trinajstić information content (AvgIpc) is 2.77. The third kappa shape index (κ3) is 3.66. The van der Waals surface area contributed by atoms with Crippen LogP contribution in [-0.4, -0.2) is 16.8 Å². The summed E-state index contributed by atoms with van der Waals surface area (Å²) in [4.78, 5) is 15.3. The van der Waals surface area contributed by atoms with Crippen molar-refractivity contribution in [1.82, 2.24) is 4.90 Å². The minimum Gasteiger partial charge on any atom is -0.398 e. The number of benzene rings is 1. The molecule has 2 aromatic rings. The van der Waals surface area contributed by atoms with Gasteiger partial charge < -0.3 is 10.6 Å². The van der Waals surface area contributed by atoms with E-state index in [2.05, 4.69) is 15.9 Å². The van der Waals surface area contributed by atoms with Gasteiger partial charge in [0.2, 0.25) is 0 Å². The predicted octanol–water partition coefficient (Wildman–Crippen LogP) is 4.45. The molecular formula is C16H19BrN2OS. The van der Waals surface area contributed by atoms with E-state index in [4.69, 9.17) is 5.73 Å². The van der Waals surface area contributed by atoms with Crippen LogP contribution in [0.15, 0.2) is 34.1 Å². The van der Waals surface area contributed by atoms with E-state index in [0.717, 1.165) is 25.5 Å². The number of nitrogen functional groups attached to an aromatic ring is 1. The number of para-hydroxylation sites is 1. The average molecular weight is 367 g/mol. The van der Waals surface area contributed by atoms with Crippen molar-refractivity contribution in [2.24, 2.45) is 0 Å². The van der Waals surface area contributed by atoms with Gasteiger partial charge in [-0.05, 0) is 60.0 Å². The minimum absolute atomic E-state index is 0.0482. The van der Waals surface area contributed by atoms with Gasteiger partial charge in [0.05, 0.1) is 8.66 Å². The van der Waals surface area contributed by atoms with E-state index in [1.54, 1.807) is 0 Å².